The zero-order valence-corrected chi connectivity index (χ0v) is 17.3. The Balaban J connectivity index is 1.58. The Morgan fingerprint density at radius 2 is 1.77 bits per heavy atom. The molecule has 0 aliphatic carbocycles. The van der Waals surface area contributed by atoms with Crippen molar-refractivity contribution >= 4 is 6.03 Å². The first-order valence-electron chi connectivity index (χ1n) is 9.90. The lowest BCUT2D eigenvalue weighted by atomic mass is 10.0. The van der Waals surface area contributed by atoms with Crippen LogP contribution >= 0.6 is 0 Å². The number of benzene rings is 2. The van der Waals surface area contributed by atoms with Crippen LogP contribution in [0.5, 0.6) is 11.5 Å². The first kappa shape index (κ1) is 21.9. The van der Waals surface area contributed by atoms with Crippen LogP contribution < -0.4 is 20.1 Å². The van der Waals surface area contributed by atoms with Gasteiger partial charge in [-0.15, -0.1) is 0 Å². The summed E-state index contributed by atoms with van der Waals surface area (Å²) in [5, 5.41) is 5.79. The Morgan fingerprint density at radius 3 is 2.43 bits per heavy atom. The monoisotopic (exact) mass is 417 g/mol. The fourth-order valence-electron chi connectivity index (χ4n) is 3.46. The average molecular weight is 417 g/mol. The molecule has 30 heavy (non-hydrogen) atoms. The van der Waals surface area contributed by atoms with Crippen molar-refractivity contribution in [2.24, 2.45) is 0 Å². The smallest absolute Gasteiger partial charge is 0.315 e. The molecule has 1 heterocycles. The van der Waals surface area contributed by atoms with Crippen LogP contribution in [-0.4, -0.2) is 58.0 Å². The maximum atomic E-state index is 13.3. The lowest BCUT2D eigenvalue weighted by Gasteiger charge is -2.35. The molecule has 0 saturated carbocycles. The van der Waals surface area contributed by atoms with Gasteiger partial charge in [0.25, 0.3) is 0 Å². The number of hydrogen-bond donors (Lipinski definition) is 2. The van der Waals surface area contributed by atoms with Gasteiger partial charge in [-0.3, -0.25) is 4.90 Å². The fourth-order valence-corrected chi connectivity index (χ4v) is 3.46. The molecule has 7 nitrogen and oxygen atoms in total. The number of nitrogens with one attached hydrogen (secondary N) is 2. The summed E-state index contributed by atoms with van der Waals surface area (Å²) in [6.07, 6.45) is 0. The molecule has 162 valence electrons. The van der Waals surface area contributed by atoms with Crippen molar-refractivity contribution in [1.29, 1.82) is 0 Å². The molecule has 8 heteroatoms. The van der Waals surface area contributed by atoms with E-state index in [9.17, 15) is 9.18 Å². The lowest BCUT2D eigenvalue weighted by molar-refractivity contribution is 0.0167. The molecule has 0 radical (unpaired) electrons. The number of nitrogens with zero attached hydrogens (tertiary/aromatic N) is 1. The number of ether oxygens (including phenoxy) is 3. The number of methoxy groups -OCH3 is 2. The van der Waals surface area contributed by atoms with E-state index in [-0.39, 0.29) is 17.9 Å². The molecule has 0 bridgehead atoms. The predicted molar refractivity (Wildman–Crippen MR) is 111 cm³/mol. The highest BCUT2D eigenvalue weighted by atomic mass is 19.1. The van der Waals surface area contributed by atoms with E-state index in [0.29, 0.717) is 37.8 Å². The van der Waals surface area contributed by atoms with Gasteiger partial charge in [0.1, 0.15) is 5.82 Å². The highest BCUT2D eigenvalue weighted by molar-refractivity contribution is 5.73. The summed E-state index contributed by atoms with van der Waals surface area (Å²) < 4.78 is 29.3. The van der Waals surface area contributed by atoms with Gasteiger partial charge >= 0.3 is 6.03 Å². The molecule has 1 saturated heterocycles. The number of halogens is 1. The minimum absolute atomic E-state index is 0.0543. The first-order valence-corrected chi connectivity index (χ1v) is 9.90. The summed E-state index contributed by atoms with van der Waals surface area (Å²) in [5.41, 5.74) is 1.85. The third kappa shape index (κ3) is 5.84. The van der Waals surface area contributed by atoms with Gasteiger partial charge in [-0.2, -0.15) is 0 Å². The van der Waals surface area contributed by atoms with E-state index < -0.39 is 0 Å². The zero-order chi connectivity index (χ0) is 21.3. The van der Waals surface area contributed by atoms with Crippen molar-refractivity contribution in [3.05, 3.63) is 59.4 Å². The highest BCUT2D eigenvalue weighted by Crippen LogP contribution is 2.27. The third-order valence-electron chi connectivity index (χ3n) is 5.10. The van der Waals surface area contributed by atoms with E-state index in [0.717, 1.165) is 24.2 Å². The van der Waals surface area contributed by atoms with Gasteiger partial charge < -0.3 is 24.8 Å². The van der Waals surface area contributed by atoms with Crippen LogP contribution in [-0.2, 0) is 11.3 Å². The predicted octanol–water partition coefficient (Wildman–Crippen LogP) is 2.72. The quantitative estimate of drug-likeness (QED) is 0.691. The third-order valence-corrected chi connectivity index (χ3v) is 5.10. The van der Waals surface area contributed by atoms with Crippen molar-refractivity contribution in [3.8, 4) is 11.5 Å². The molecular formula is C22H28FN3O4. The Hall–Kier alpha value is -2.84. The van der Waals surface area contributed by atoms with Crippen LogP contribution in [0.4, 0.5) is 9.18 Å². The summed E-state index contributed by atoms with van der Waals surface area (Å²) in [6, 6.07) is 11.6. The summed E-state index contributed by atoms with van der Waals surface area (Å²) >= 11 is 0. The van der Waals surface area contributed by atoms with Crippen LogP contribution in [0.2, 0.25) is 0 Å². The van der Waals surface area contributed by atoms with E-state index in [4.69, 9.17) is 14.2 Å². The van der Waals surface area contributed by atoms with Gasteiger partial charge in [0.15, 0.2) is 11.5 Å². The van der Waals surface area contributed by atoms with Crippen molar-refractivity contribution in [2.75, 3.05) is 47.1 Å². The lowest BCUT2D eigenvalue weighted by Crippen LogP contribution is -2.45. The largest absolute Gasteiger partial charge is 0.493 e. The minimum atomic E-state index is -0.278. The molecule has 0 aromatic heterocycles. The van der Waals surface area contributed by atoms with Gasteiger partial charge in [0.2, 0.25) is 0 Å². The van der Waals surface area contributed by atoms with Gasteiger partial charge in [0.05, 0.1) is 33.5 Å². The van der Waals surface area contributed by atoms with Crippen LogP contribution in [0, 0.1) is 5.82 Å². The van der Waals surface area contributed by atoms with Crippen LogP contribution in [0.15, 0.2) is 42.5 Å². The van der Waals surface area contributed by atoms with E-state index in [2.05, 4.69) is 15.5 Å². The number of urea groups is 1. The second kappa shape index (κ2) is 10.8. The maximum absolute atomic E-state index is 13.3. The summed E-state index contributed by atoms with van der Waals surface area (Å²) in [4.78, 5) is 14.6. The Labute approximate surface area is 176 Å². The second-order valence-corrected chi connectivity index (χ2v) is 6.97. The summed E-state index contributed by atoms with van der Waals surface area (Å²) in [5.74, 6) is 0.972. The molecule has 1 aliphatic heterocycles. The second-order valence-electron chi connectivity index (χ2n) is 6.97. The molecule has 3 rings (SSSR count). The van der Waals surface area contributed by atoms with Gasteiger partial charge in [-0.05, 0) is 35.4 Å². The molecule has 2 aromatic carbocycles. The molecule has 1 fully saturated rings. The van der Waals surface area contributed by atoms with Crippen LogP contribution in [0.3, 0.4) is 0 Å². The minimum Gasteiger partial charge on any atom is -0.493 e. The molecule has 2 amide bonds. The highest BCUT2D eigenvalue weighted by Gasteiger charge is 2.23. The summed E-state index contributed by atoms with van der Waals surface area (Å²) in [7, 11) is 3.15. The van der Waals surface area contributed by atoms with Gasteiger partial charge in [-0.1, -0.05) is 18.2 Å². The zero-order valence-electron chi connectivity index (χ0n) is 17.3. The molecule has 1 unspecified atom stereocenters. The molecule has 0 spiro atoms. The average Bonchev–Trinajstić information content (AvgIpc) is 2.79. The SMILES string of the molecule is COc1ccc(CNC(=O)NCC(c2ccc(F)cc2)N2CCOCC2)cc1OC. The number of carbonyl (C=O) groups is 1. The molecular weight excluding hydrogens is 389 g/mol. The number of rotatable bonds is 8. The standard InChI is InChI=1S/C22H28FN3O4/c1-28-20-8-3-16(13-21(20)29-2)14-24-22(27)25-15-19(26-9-11-30-12-10-26)17-4-6-18(23)7-5-17/h3-8,13,19H,9-12,14-15H2,1-2H3,(H2,24,25,27). The Kier molecular flexibility index (Phi) is 7.87. The van der Waals surface area contributed by atoms with Crippen LogP contribution in [0.25, 0.3) is 0 Å². The van der Waals surface area contributed by atoms with Crippen molar-refractivity contribution in [2.45, 2.75) is 12.6 Å². The van der Waals surface area contributed by atoms with E-state index in [1.807, 2.05) is 12.1 Å². The number of morpholine rings is 1. The van der Waals surface area contributed by atoms with E-state index >= 15 is 0 Å². The normalized spacial score (nSPS) is 15.3. The fraction of sp³-hybridized carbons (Fsp3) is 0.409. The molecule has 2 N–H and O–H groups in total. The number of carbonyl (C=O) groups excluding carboxylic acids is 1. The van der Waals surface area contributed by atoms with Crippen LogP contribution in [0.1, 0.15) is 17.2 Å². The van der Waals surface area contributed by atoms with E-state index in [1.165, 1.54) is 12.1 Å². The van der Waals surface area contributed by atoms with Crippen molar-refractivity contribution in [3.63, 3.8) is 0 Å². The molecule has 1 aliphatic rings. The number of hydrogen-bond acceptors (Lipinski definition) is 5. The Morgan fingerprint density at radius 1 is 1.07 bits per heavy atom. The Bertz CT molecular complexity index is 826. The molecule has 1 atom stereocenters. The molecule has 2 aromatic rings. The van der Waals surface area contributed by atoms with Crippen molar-refractivity contribution in [1.82, 2.24) is 15.5 Å². The van der Waals surface area contributed by atoms with Gasteiger partial charge in [0, 0.05) is 26.2 Å². The van der Waals surface area contributed by atoms with Crippen molar-refractivity contribution < 1.29 is 23.4 Å². The first-order chi connectivity index (χ1) is 14.6. The maximum Gasteiger partial charge on any atom is 0.315 e. The van der Waals surface area contributed by atoms with E-state index in [1.54, 1.807) is 32.4 Å². The number of amides is 2. The summed E-state index contributed by atoms with van der Waals surface area (Å²) in [6.45, 7) is 3.56. The topological polar surface area (TPSA) is 72.1 Å². The van der Waals surface area contributed by atoms with Gasteiger partial charge in [-0.25, -0.2) is 9.18 Å².